The van der Waals surface area contributed by atoms with Crippen LogP contribution in [0.4, 0.5) is 0 Å². The molecule has 1 N–H and O–H groups in total. The lowest BCUT2D eigenvalue weighted by Crippen LogP contribution is -2.24. The summed E-state index contributed by atoms with van der Waals surface area (Å²) in [5, 5.41) is 3.96. The molecule has 0 spiro atoms. The predicted octanol–water partition coefficient (Wildman–Crippen LogP) is 3.80. The monoisotopic (exact) mass is 326 g/mol. The fraction of sp³-hybridized carbons (Fsp3) is 0.143. The number of aromatic nitrogens is 1. The number of halogens is 2. The number of carbonyl (C=O) groups is 1. The van der Waals surface area contributed by atoms with Gasteiger partial charge >= 0.3 is 0 Å². The van der Waals surface area contributed by atoms with E-state index in [1.54, 1.807) is 30.6 Å². The zero-order valence-corrected chi connectivity index (χ0v) is 12.8. The standard InChI is InChI=1S/C14H12Cl2N2OS/c15-11-2-1-10(13(16)7-11)8-18-14(19)9-20-12-3-5-17-6-4-12/h1-7H,8-9H2,(H,18,19). The van der Waals surface area contributed by atoms with Gasteiger partial charge in [0.05, 0.1) is 5.75 Å². The Hall–Kier alpha value is -1.23. The van der Waals surface area contributed by atoms with E-state index in [9.17, 15) is 4.79 Å². The number of hydrogen-bond donors (Lipinski definition) is 1. The average molecular weight is 327 g/mol. The zero-order valence-electron chi connectivity index (χ0n) is 10.5. The first kappa shape index (κ1) is 15.2. The highest BCUT2D eigenvalue weighted by Crippen LogP contribution is 2.21. The summed E-state index contributed by atoms with van der Waals surface area (Å²) in [5.41, 5.74) is 0.846. The Kier molecular flexibility index (Phi) is 5.71. The van der Waals surface area contributed by atoms with Gasteiger partial charge in [0, 0.05) is 33.9 Å². The van der Waals surface area contributed by atoms with Gasteiger partial charge in [-0.05, 0) is 29.8 Å². The van der Waals surface area contributed by atoms with Gasteiger partial charge < -0.3 is 5.32 Å². The van der Waals surface area contributed by atoms with E-state index in [0.29, 0.717) is 22.3 Å². The highest BCUT2D eigenvalue weighted by Gasteiger charge is 2.05. The first-order valence-electron chi connectivity index (χ1n) is 5.88. The molecule has 0 aliphatic carbocycles. The first-order valence-corrected chi connectivity index (χ1v) is 7.63. The minimum atomic E-state index is -0.0437. The summed E-state index contributed by atoms with van der Waals surface area (Å²) in [6.07, 6.45) is 3.40. The summed E-state index contributed by atoms with van der Waals surface area (Å²) >= 11 is 13.3. The summed E-state index contributed by atoms with van der Waals surface area (Å²) in [6, 6.07) is 8.96. The summed E-state index contributed by atoms with van der Waals surface area (Å²) in [4.78, 5) is 16.7. The average Bonchev–Trinajstić information content (AvgIpc) is 2.45. The van der Waals surface area contributed by atoms with E-state index in [2.05, 4.69) is 10.3 Å². The van der Waals surface area contributed by atoms with Crippen LogP contribution in [0.5, 0.6) is 0 Å². The molecule has 0 saturated carbocycles. The molecule has 2 rings (SSSR count). The number of nitrogens with one attached hydrogen (secondary N) is 1. The van der Waals surface area contributed by atoms with Crippen LogP contribution >= 0.6 is 35.0 Å². The molecule has 0 bridgehead atoms. The largest absolute Gasteiger partial charge is 0.351 e. The molecule has 104 valence electrons. The molecule has 0 aliphatic rings. The van der Waals surface area contributed by atoms with Gasteiger partial charge in [-0.15, -0.1) is 11.8 Å². The highest BCUT2D eigenvalue weighted by atomic mass is 35.5. The topological polar surface area (TPSA) is 42.0 Å². The third kappa shape index (κ3) is 4.71. The second kappa shape index (κ2) is 7.53. The van der Waals surface area contributed by atoms with Gasteiger partial charge in [0.1, 0.15) is 0 Å². The number of hydrogen-bond acceptors (Lipinski definition) is 3. The fourth-order valence-corrected chi connectivity index (χ4v) is 2.68. The smallest absolute Gasteiger partial charge is 0.230 e. The van der Waals surface area contributed by atoms with Gasteiger partial charge in [0.15, 0.2) is 0 Å². The minimum Gasteiger partial charge on any atom is -0.351 e. The molecule has 0 aliphatic heterocycles. The van der Waals surface area contributed by atoms with Crippen LogP contribution in [-0.2, 0) is 11.3 Å². The lowest BCUT2D eigenvalue weighted by molar-refractivity contribution is -0.118. The summed E-state index contributed by atoms with van der Waals surface area (Å²) < 4.78 is 0. The van der Waals surface area contributed by atoms with Crippen molar-refractivity contribution in [1.29, 1.82) is 0 Å². The molecule has 0 radical (unpaired) electrons. The van der Waals surface area contributed by atoms with E-state index in [-0.39, 0.29) is 5.91 Å². The molecule has 1 aromatic carbocycles. The third-order valence-corrected chi connectivity index (χ3v) is 4.11. The van der Waals surface area contributed by atoms with Crippen molar-refractivity contribution in [3.8, 4) is 0 Å². The van der Waals surface area contributed by atoms with Crippen molar-refractivity contribution in [2.75, 3.05) is 5.75 Å². The van der Waals surface area contributed by atoms with E-state index in [4.69, 9.17) is 23.2 Å². The summed E-state index contributed by atoms with van der Waals surface area (Å²) in [5.74, 6) is 0.313. The maximum atomic E-state index is 11.8. The molecule has 0 saturated heterocycles. The normalized spacial score (nSPS) is 10.3. The van der Waals surface area contributed by atoms with Crippen molar-refractivity contribution >= 4 is 40.9 Å². The summed E-state index contributed by atoms with van der Waals surface area (Å²) in [7, 11) is 0. The number of rotatable bonds is 5. The van der Waals surface area contributed by atoms with E-state index < -0.39 is 0 Å². The highest BCUT2D eigenvalue weighted by molar-refractivity contribution is 8.00. The van der Waals surface area contributed by atoms with E-state index >= 15 is 0 Å². The quantitative estimate of drug-likeness (QED) is 0.850. The number of amides is 1. The Balaban J connectivity index is 1.80. The second-order valence-electron chi connectivity index (χ2n) is 3.98. The number of carbonyl (C=O) groups excluding carboxylic acids is 1. The van der Waals surface area contributed by atoms with Crippen molar-refractivity contribution < 1.29 is 4.79 Å². The SMILES string of the molecule is O=C(CSc1ccncc1)NCc1ccc(Cl)cc1Cl. The van der Waals surface area contributed by atoms with Crippen molar-refractivity contribution in [3.63, 3.8) is 0 Å². The number of benzene rings is 1. The molecule has 1 heterocycles. The van der Waals surface area contributed by atoms with Crippen molar-refractivity contribution in [2.45, 2.75) is 11.4 Å². The zero-order chi connectivity index (χ0) is 14.4. The molecule has 0 atom stereocenters. The van der Waals surface area contributed by atoms with Crippen LogP contribution in [0.1, 0.15) is 5.56 Å². The van der Waals surface area contributed by atoms with Gasteiger partial charge in [-0.3, -0.25) is 9.78 Å². The Morgan fingerprint density at radius 2 is 1.95 bits per heavy atom. The molecule has 20 heavy (non-hydrogen) atoms. The Morgan fingerprint density at radius 3 is 2.65 bits per heavy atom. The van der Waals surface area contributed by atoms with E-state index in [1.165, 1.54) is 11.8 Å². The lowest BCUT2D eigenvalue weighted by Gasteiger charge is -2.07. The van der Waals surface area contributed by atoms with Crippen molar-refractivity contribution in [1.82, 2.24) is 10.3 Å². The molecular formula is C14H12Cl2N2OS. The molecule has 2 aromatic rings. The Labute approximate surface area is 131 Å². The van der Waals surface area contributed by atoms with Crippen LogP contribution in [-0.4, -0.2) is 16.6 Å². The number of pyridine rings is 1. The van der Waals surface area contributed by atoms with Gasteiger partial charge in [-0.2, -0.15) is 0 Å². The Morgan fingerprint density at radius 1 is 1.20 bits per heavy atom. The first-order chi connectivity index (χ1) is 9.65. The molecular weight excluding hydrogens is 315 g/mol. The van der Waals surface area contributed by atoms with Crippen LogP contribution in [0.15, 0.2) is 47.6 Å². The van der Waals surface area contributed by atoms with Gasteiger partial charge in [0.25, 0.3) is 0 Å². The Bertz CT molecular complexity index is 593. The lowest BCUT2D eigenvalue weighted by atomic mass is 10.2. The number of thioether (sulfide) groups is 1. The van der Waals surface area contributed by atoms with Crippen LogP contribution in [0.2, 0.25) is 10.0 Å². The van der Waals surface area contributed by atoms with Gasteiger partial charge in [-0.25, -0.2) is 0 Å². The second-order valence-corrected chi connectivity index (χ2v) is 5.88. The fourth-order valence-electron chi connectivity index (χ4n) is 1.49. The molecule has 0 fully saturated rings. The molecule has 1 aromatic heterocycles. The van der Waals surface area contributed by atoms with Crippen LogP contribution < -0.4 is 5.32 Å². The molecule has 6 heteroatoms. The van der Waals surface area contributed by atoms with Gasteiger partial charge in [0.2, 0.25) is 5.91 Å². The van der Waals surface area contributed by atoms with Gasteiger partial charge in [-0.1, -0.05) is 29.3 Å². The van der Waals surface area contributed by atoms with Crippen LogP contribution in [0.25, 0.3) is 0 Å². The minimum absolute atomic E-state index is 0.0437. The van der Waals surface area contributed by atoms with Crippen molar-refractivity contribution in [2.24, 2.45) is 0 Å². The predicted molar refractivity (Wildman–Crippen MR) is 83.3 cm³/mol. The van der Waals surface area contributed by atoms with E-state index in [0.717, 1.165) is 10.5 Å². The molecule has 1 amide bonds. The number of nitrogens with zero attached hydrogens (tertiary/aromatic N) is 1. The third-order valence-electron chi connectivity index (χ3n) is 2.51. The maximum absolute atomic E-state index is 11.8. The van der Waals surface area contributed by atoms with Crippen LogP contribution in [0, 0.1) is 0 Å². The van der Waals surface area contributed by atoms with Crippen LogP contribution in [0.3, 0.4) is 0 Å². The van der Waals surface area contributed by atoms with E-state index in [1.807, 2.05) is 12.1 Å². The van der Waals surface area contributed by atoms with Crippen molar-refractivity contribution in [3.05, 3.63) is 58.3 Å². The maximum Gasteiger partial charge on any atom is 0.230 e. The molecule has 3 nitrogen and oxygen atoms in total. The molecule has 0 unspecified atom stereocenters. The summed E-state index contributed by atoms with van der Waals surface area (Å²) in [6.45, 7) is 0.395.